The van der Waals surface area contributed by atoms with Crippen LogP contribution in [0.2, 0.25) is 0 Å². The molecule has 15 heavy (non-hydrogen) atoms. The molecule has 0 aromatic carbocycles. The second kappa shape index (κ2) is 4.39. The average molecular weight is 211 g/mol. The molecule has 0 aliphatic rings. The van der Waals surface area contributed by atoms with Crippen LogP contribution >= 0.6 is 0 Å². The van der Waals surface area contributed by atoms with E-state index in [2.05, 4.69) is 20.5 Å². The van der Waals surface area contributed by atoms with Gasteiger partial charge in [-0.3, -0.25) is 9.89 Å². The Morgan fingerprint density at radius 2 is 2.33 bits per heavy atom. The second-order valence-electron chi connectivity index (χ2n) is 4.49. The lowest BCUT2D eigenvalue weighted by molar-refractivity contribution is -0.124. The fraction of sp³-hybridized carbons (Fsp3) is 0.667. The molecule has 6 heteroatoms. The zero-order chi connectivity index (χ0) is 11.5. The number of aromatic nitrogens is 3. The van der Waals surface area contributed by atoms with Crippen LogP contribution < -0.4 is 11.1 Å². The molecule has 1 unspecified atom stereocenters. The maximum absolute atomic E-state index is 11.6. The van der Waals surface area contributed by atoms with Crippen molar-refractivity contribution >= 4 is 5.91 Å². The van der Waals surface area contributed by atoms with Crippen LogP contribution in [0.1, 0.15) is 26.6 Å². The number of carbonyl (C=O) groups is 1. The molecule has 1 aromatic rings. The fourth-order valence-electron chi connectivity index (χ4n) is 0.990. The summed E-state index contributed by atoms with van der Waals surface area (Å²) < 4.78 is 0. The topological polar surface area (TPSA) is 96.7 Å². The molecule has 1 amide bonds. The first-order valence-electron chi connectivity index (χ1n) is 4.79. The van der Waals surface area contributed by atoms with Crippen LogP contribution in [0.4, 0.5) is 0 Å². The molecule has 0 aliphatic carbocycles. The summed E-state index contributed by atoms with van der Waals surface area (Å²) in [6, 6.07) is -0.527. The summed E-state index contributed by atoms with van der Waals surface area (Å²) in [5.74, 6) is 0.434. The van der Waals surface area contributed by atoms with Crippen LogP contribution in [0.3, 0.4) is 0 Å². The molecular weight excluding hydrogens is 194 g/mol. The van der Waals surface area contributed by atoms with Gasteiger partial charge in [0.2, 0.25) is 5.91 Å². The molecule has 1 aromatic heterocycles. The Balaban J connectivity index is 2.43. The summed E-state index contributed by atoms with van der Waals surface area (Å²) in [7, 11) is 0. The zero-order valence-electron chi connectivity index (χ0n) is 9.24. The van der Waals surface area contributed by atoms with Crippen molar-refractivity contribution in [2.45, 2.75) is 33.4 Å². The van der Waals surface area contributed by atoms with Crippen molar-refractivity contribution in [3.8, 4) is 0 Å². The third-order valence-electron chi connectivity index (χ3n) is 2.11. The highest BCUT2D eigenvalue weighted by atomic mass is 16.2. The molecular formula is C9H17N5O. The van der Waals surface area contributed by atoms with Gasteiger partial charge in [0.15, 0.2) is 0 Å². The van der Waals surface area contributed by atoms with E-state index in [1.54, 1.807) is 0 Å². The van der Waals surface area contributed by atoms with Gasteiger partial charge < -0.3 is 11.1 Å². The van der Waals surface area contributed by atoms with Crippen molar-refractivity contribution in [1.82, 2.24) is 20.5 Å². The van der Waals surface area contributed by atoms with Gasteiger partial charge in [-0.2, -0.15) is 5.10 Å². The predicted molar refractivity (Wildman–Crippen MR) is 55.7 cm³/mol. The number of aromatic amines is 1. The number of rotatable bonds is 3. The Labute approximate surface area is 88.7 Å². The normalized spacial score (nSPS) is 13.6. The van der Waals surface area contributed by atoms with Crippen LogP contribution in [0, 0.1) is 5.41 Å². The van der Waals surface area contributed by atoms with Crippen LogP contribution in [-0.2, 0) is 11.3 Å². The average Bonchev–Trinajstić information content (AvgIpc) is 2.63. The van der Waals surface area contributed by atoms with Crippen LogP contribution in [0.5, 0.6) is 0 Å². The number of hydrogen-bond donors (Lipinski definition) is 3. The van der Waals surface area contributed by atoms with Gasteiger partial charge in [0.05, 0.1) is 12.6 Å². The summed E-state index contributed by atoms with van der Waals surface area (Å²) in [5.41, 5.74) is 5.53. The summed E-state index contributed by atoms with van der Waals surface area (Å²) in [6.07, 6.45) is 1.39. The third-order valence-corrected chi connectivity index (χ3v) is 2.11. The summed E-state index contributed by atoms with van der Waals surface area (Å²) in [4.78, 5) is 15.5. The number of nitrogens with one attached hydrogen (secondary N) is 2. The lowest BCUT2D eigenvalue weighted by Crippen LogP contribution is -2.48. The van der Waals surface area contributed by atoms with E-state index in [4.69, 9.17) is 5.73 Å². The Morgan fingerprint density at radius 1 is 1.67 bits per heavy atom. The lowest BCUT2D eigenvalue weighted by atomic mass is 9.87. The van der Waals surface area contributed by atoms with Gasteiger partial charge in [-0.25, -0.2) is 4.98 Å². The molecule has 1 heterocycles. The summed E-state index contributed by atoms with van der Waals surface area (Å²) >= 11 is 0. The molecule has 0 spiro atoms. The third kappa shape index (κ3) is 3.32. The first-order valence-corrected chi connectivity index (χ1v) is 4.79. The number of H-pyrrole nitrogens is 1. The van der Waals surface area contributed by atoms with Gasteiger partial charge in [-0.15, -0.1) is 0 Å². The van der Waals surface area contributed by atoms with E-state index >= 15 is 0 Å². The zero-order valence-corrected chi connectivity index (χ0v) is 9.24. The number of nitrogens with zero attached hydrogens (tertiary/aromatic N) is 2. The van der Waals surface area contributed by atoms with E-state index in [9.17, 15) is 4.79 Å². The Kier molecular flexibility index (Phi) is 3.41. The fourth-order valence-corrected chi connectivity index (χ4v) is 0.990. The monoisotopic (exact) mass is 211 g/mol. The summed E-state index contributed by atoms with van der Waals surface area (Å²) in [6.45, 7) is 6.09. The molecule has 1 rings (SSSR count). The van der Waals surface area contributed by atoms with Crippen molar-refractivity contribution in [3.63, 3.8) is 0 Å². The summed E-state index contributed by atoms with van der Waals surface area (Å²) in [5, 5.41) is 9.02. The van der Waals surface area contributed by atoms with Crippen molar-refractivity contribution in [2.24, 2.45) is 11.1 Å². The maximum atomic E-state index is 11.6. The van der Waals surface area contributed by atoms with E-state index in [1.807, 2.05) is 20.8 Å². The van der Waals surface area contributed by atoms with Crippen LogP contribution in [-0.4, -0.2) is 27.1 Å². The highest BCUT2D eigenvalue weighted by molar-refractivity contribution is 5.82. The van der Waals surface area contributed by atoms with Gasteiger partial charge >= 0.3 is 0 Å². The number of hydrogen-bond acceptors (Lipinski definition) is 4. The Hall–Kier alpha value is -1.43. The molecule has 0 fully saturated rings. The SMILES string of the molecule is CC(C)(C)C(N)C(=O)NCc1ncn[nH]1. The van der Waals surface area contributed by atoms with Gasteiger partial charge in [0, 0.05) is 0 Å². The van der Waals surface area contributed by atoms with Crippen LogP contribution in [0.15, 0.2) is 6.33 Å². The Morgan fingerprint density at radius 3 is 2.80 bits per heavy atom. The largest absolute Gasteiger partial charge is 0.347 e. The highest BCUT2D eigenvalue weighted by Gasteiger charge is 2.27. The lowest BCUT2D eigenvalue weighted by Gasteiger charge is -2.25. The van der Waals surface area contributed by atoms with Gasteiger partial charge in [0.1, 0.15) is 12.2 Å². The van der Waals surface area contributed by atoms with Crippen molar-refractivity contribution in [1.29, 1.82) is 0 Å². The van der Waals surface area contributed by atoms with Gasteiger partial charge in [0.25, 0.3) is 0 Å². The molecule has 1 atom stereocenters. The van der Waals surface area contributed by atoms with Gasteiger partial charge in [-0.1, -0.05) is 20.8 Å². The molecule has 0 saturated heterocycles. The van der Waals surface area contributed by atoms with E-state index in [0.29, 0.717) is 12.4 Å². The molecule has 84 valence electrons. The van der Waals surface area contributed by atoms with E-state index in [1.165, 1.54) is 6.33 Å². The molecule has 0 bridgehead atoms. The first kappa shape index (κ1) is 11.6. The van der Waals surface area contributed by atoms with Crippen LogP contribution in [0.25, 0.3) is 0 Å². The minimum absolute atomic E-state index is 0.182. The predicted octanol–water partition coefficient (Wildman–Crippen LogP) is -0.206. The highest BCUT2D eigenvalue weighted by Crippen LogP contribution is 2.17. The quantitative estimate of drug-likeness (QED) is 0.644. The number of amides is 1. The number of nitrogens with two attached hydrogens (primary N) is 1. The number of carbonyl (C=O) groups excluding carboxylic acids is 1. The van der Waals surface area contributed by atoms with E-state index in [0.717, 1.165) is 0 Å². The van der Waals surface area contributed by atoms with Crippen molar-refractivity contribution in [2.75, 3.05) is 0 Å². The standard InChI is InChI=1S/C9H17N5O/c1-9(2,3)7(10)8(15)11-4-6-12-5-13-14-6/h5,7H,4,10H2,1-3H3,(H,11,15)(H,12,13,14). The molecule has 4 N–H and O–H groups in total. The van der Waals surface area contributed by atoms with E-state index < -0.39 is 6.04 Å². The molecule has 0 saturated carbocycles. The Bertz CT molecular complexity index is 314. The minimum atomic E-state index is -0.527. The molecule has 0 aliphatic heterocycles. The smallest absolute Gasteiger partial charge is 0.237 e. The molecule has 6 nitrogen and oxygen atoms in total. The maximum Gasteiger partial charge on any atom is 0.237 e. The van der Waals surface area contributed by atoms with Gasteiger partial charge in [-0.05, 0) is 5.41 Å². The van der Waals surface area contributed by atoms with E-state index in [-0.39, 0.29) is 11.3 Å². The minimum Gasteiger partial charge on any atom is -0.347 e. The van der Waals surface area contributed by atoms with Crippen molar-refractivity contribution in [3.05, 3.63) is 12.2 Å². The van der Waals surface area contributed by atoms with Crippen molar-refractivity contribution < 1.29 is 4.79 Å². The second-order valence-corrected chi connectivity index (χ2v) is 4.49. The molecule has 0 radical (unpaired) electrons. The first-order chi connectivity index (χ1) is 6.91.